The van der Waals surface area contributed by atoms with Crippen LogP contribution >= 0.6 is 15.9 Å². The normalized spacial score (nSPS) is 10.5. The Kier molecular flexibility index (Phi) is 8.19. The summed E-state index contributed by atoms with van der Waals surface area (Å²) < 4.78 is 18.0. The lowest BCUT2D eigenvalue weighted by Gasteiger charge is -2.17. The molecule has 0 aliphatic heterocycles. The first-order chi connectivity index (χ1) is 15.1. The highest BCUT2D eigenvalue weighted by atomic mass is 79.9. The summed E-state index contributed by atoms with van der Waals surface area (Å²) in [5.74, 6) is 1.79. The number of nitro groups is 1. The largest absolute Gasteiger partial charge is 0.493 e. The molecule has 31 heavy (non-hydrogen) atoms. The molecule has 0 bridgehead atoms. The molecule has 1 heterocycles. The fourth-order valence-corrected chi connectivity index (χ4v) is 3.26. The van der Waals surface area contributed by atoms with Gasteiger partial charge in [0.25, 0.3) is 5.69 Å². The molecule has 162 valence electrons. The molecule has 1 aromatic heterocycles. The summed E-state index contributed by atoms with van der Waals surface area (Å²) in [7, 11) is 1.58. The summed E-state index contributed by atoms with van der Waals surface area (Å²) in [6.45, 7) is 1.86. The lowest BCUT2D eigenvalue weighted by atomic mass is 10.1. The van der Waals surface area contributed by atoms with Crippen molar-refractivity contribution in [3.8, 4) is 17.4 Å². The molecule has 0 spiro atoms. The number of rotatable bonds is 11. The average Bonchev–Trinajstić information content (AvgIpc) is 2.79. The number of methoxy groups -OCH3 is 1. The van der Waals surface area contributed by atoms with Crippen molar-refractivity contribution in [2.45, 2.75) is 13.2 Å². The minimum atomic E-state index is -0.427. The van der Waals surface area contributed by atoms with Gasteiger partial charge in [0.05, 0.1) is 12.0 Å². The number of non-ortho nitro benzene ring substituents is 1. The van der Waals surface area contributed by atoms with Gasteiger partial charge >= 0.3 is 0 Å². The van der Waals surface area contributed by atoms with Crippen LogP contribution in [0.3, 0.4) is 0 Å². The molecule has 8 nitrogen and oxygen atoms in total. The fourth-order valence-electron chi connectivity index (χ4n) is 2.81. The first kappa shape index (κ1) is 22.5. The van der Waals surface area contributed by atoms with Gasteiger partial charge in [0.2, 0.25) is 5.88 Å². The number of pyridine rings is 1. The Hall–Kier alpha value is -3.17. The molecular formula is C22H22BrN3O5. The molecule has 1 N–H and O–H groups in total. The maximum Gasteiger partial charge on any atom is 0.269 e. The van der Waals surface area contributed by atoms with E-state index in [0.29, 0.717) is 37.1 Å². The van der Waals surface area contributed by atoms with Gasteiger partial charge in [-0.15, -0.1) is 0 Å². The van der Waals surface area contributed by atoms with E-state index in [1.54, 1.807) is 25.4 Å². The number of benzene rings is 2. The van der Waals surface area contributed by atoms with Gasteiger partial charge in [-0.25, -0.2) is 4.98 Å². The van der Waals surface area contributed by atoms with E-state index in [0.717, 1.165) is 15.6 Å². The van der Waals surface area contributed by atoms with E-state index in [-0.39, 0.29) is 12.3 Å². The van der Waals surface area contributed by atoms with E-state index in [2.05, 4.69) is 26.2 Å². The van der Waals surface area contributed by atoms with Crippen LogP contribution in [-0.4, -0.2) is 30.2 Å². The van der Waals surface area contributed by atoms with Crippen LogP contribution in [0.2, 0.25) is 0 Å². The highest BCUT2D eigenvalue weighted by Crippen LogP contribution is 2.36. The van der Waals surface area contributed by atoms with Crippen molar-refractivity contribution in [1.29, 1.82) is 0 Å². The summed E-state index contributed by atoms with van der Waals surface area (Å²) in [5, 5.41) is 14.1. The molecule has 0 saturated heterocycles. The smallest absolute Gasteiger partial charge is 0.269 e. The predicted molar refractivity (Wildman–Crippen MR) is 120 cm³/mol. The van der Waals surface area contributed by atoms with E-state index in [4.69, 9.17) is 14.2 Å². The van der Waals surface area contributed by atoms with Crippen LogP contribution in [0.1, 0.15) is 11.1 Å². The van der Waals surface area contributed by atoms with Gasteiger partial charge in [-0.2, -0.15) is 0 Å². The molecule has 0 amide bonds. The molecule has 9 heteroatoms. The number of ether oxygens (including phenoxy) is 3. The van der Waals surface area contributed by atoms with Crippen LogP contribution in [0.5, 0.6) is 17.4 Å². The maximum absolute atomic E-state index is 10.8. The maximum atomic E-state index is 10.8. The van der Waals surface area contributed by atoms with E-state index < -0.39 is 4.92 Å². The number of halogens is 1. The zero-order valence-electron chi connectivity index (χ0n) is 16.9. The number of hydrogen-bond acceptors (Lipinski definition) is 7. The van der Waals surface area contributed by atoms with E-state index in [1.165, 1.54) is 12.1 Å². The van der Waals surface area contributed by atoms with Crippen molar-refractivity contribution in [2.75, 3.05) is 20.3 Å². The van der Waals surface area contributed by atoms with Crippen LogP contribution in [-0.2, 0) is 13.2 Å². The topological polar surface area (TPSA) is 95.8 Å². The summed E-state index contributed by atoms with van der Waals surface area (Å²) in [6, 6.07) is 15.5. The van der Waals surface area contributed by atoms with Gasteiger partial charge < -0.3 is 19.5 Å². The third-order valence-electron chi connectivity index (χ3n) is 4.39. The third-order valence-corrected chi connectivity index (χ3v) is 5.13. The van der Waals surface area contributed by atoms with Crippen molar-refractivity contribution in [1.82, 2.24) is 10.3 Å². The highest BCUT2D eigenvalue weighted by molar-refractivity contribution is 9.10. The number of aromatic nitrogens is 1. The molecule has 0 saturated carbocycles. The Morgan fingerprint density at radius 2 is 1.90 bits per heavy atom. The lowest BCUT2D eigenvalue weighted by Crippen LogP contribution is -2.21. The van der Waals surface area contributed by atoms with Crippen molar-refractivity contribution in [2.24, 2.45) is 0 Å². The minimum absolute atomic E-state index is 0.0431. The molecular weight excluding hydrogens is 466 g/mol. The monoisotopic (exact) mass is 487 g/mol. The second-order valence-electron chi connectivity index (χ2n) is 6.46. The van der Waals surface area contributed by atoms with Gasteiger partial charge in [0.15, 0.2) is 11.5 Å². The first-order valence-electron chi connectivity index (χ1n) is 9.54. The second kappa shape index (κ2) is 11.3. The molecule has 0 aliphatic rings. The van der Waals surface area contributed by atoms with Crippen molar-refractivity contribution < 1.29 is 19.1 Å². The lowest BCUT2D eigenvalue weighted by molar-refractivity contribution is -0.384. The Bertz CT molecular complexity index is 1000. The fraction of sp³-hybridized carbons (Fsp3) is 0.227. The number of hydrogen-bond donors (Lipinski definition) is 1. The van der Waals surface area contributed by atoms with Gasteiger partial charge in [-0.05, 0) is 35.9 Å². The van der Waals surface area contributed by atoms with Gasteiger partial charge in [0, 0.05) is 47.5 Å². The highest BCUT2D eigenvalue weighted by Gasteiger charge is 2.15. The third kappa shape index (κ3) is 6.40. The molecule has 0 aliphatic carbocycles. The van der Waals surface area contributed by atoms with Crippen molar-refractivity contribution >= 4 is 21.6 Å². The van der Waals surface area contributed by atoms with Crippen LogP contribution in [0.4, 0.5) is 5.69 Å². The van der Waals surface area contributed by atoms with Crippen molar-refractivity contribution in [3.63, 3.8) is 0 Å². The summed E-state index contributed by atoms with van der Waals surface area (Å²) in [4.78, 5) is 14.5. The summed E-state index contributed by atoms with van der Waals surface area (Å²) in [6.07, 6.45) is 1.69. The quantitative estimate of drug-likeness (QED) is 0.241. The molecule has 3 rings (SSSR count). The van der Waals surface area contributed by atoms with E-state index in [1.807, 2.05) is 30.3 Å². The molecule has 0 atom stereocenters. The predicted octanol–water partition coefficient (Wildman–Crippen LogP) is 4.51. The van der Waals surface area contributed by atoms with Gasteiger partial charge in [0.1, 0.15) is 13.2 Å². The number of nitrogens with one attached hydrogen (secondary N) is 1. The minimum Gasteiger partial charge on any atom is -0.493 e. The molecule has 2 aromatic carbocycles. The molecule has 0 fully saturated rings. The zero-order valence-corrected chi connectivity index (χ0v) is 18.5. The first-order valence-corrected chi connectivity index (χ1v) is 10.3. The standard InChI is InChI=1S/C22H22BrN3O5/c1-29-20-10-9-19(23)18(14-24-12-13-30-21-4-2-3-11-25-21)22(20)31-15-16-5-7-17(8-6-16)26(27)28/h2-11,24H,12-15H2,1H3. The molecule has 0 radical (unpaired) electrons. The number of nitro benzene ring substituents is 1. The summed E-state index contributed by atoms with van der Waals surface area (Å²) >= 11 is 3.58. The Balaban J connectivity index is 1.62. The average molecular weight is 488 g/mol. The molecule has 0 unspecified atom stereocenters. The molecule has 3 aromatic rings. The van der Waals surface area contributed by atoms with E-state index in [9.17, 15) is 10.1 Å². The van der Waals surface area contributed by atoms with Gasteiger partial charge in [-0.3, -0.25) is 10.1 Å². The van der Waals surface area contributed by atoms with Crippen molar-refractivity contribution in [3.05, 3.63) is 86.5 Å². The second-order valence-corrected chi connectivity index (χ2v) is 7.32. The Morgan fingerprint density at radius 1 is 1.10 bits per heavy atom. The SMILES string of the molecule is COc1ccc(Br)c(CNCCOc2ccccn2)c1OCc1ccc([N+](=O)[O-])cc1. The summed E-state index contributed by atoms with van der Waals surface area (Å²) in [5.41, 5.74) is 1.76. The van der Waals surface area contributed by atoms with Crippen LogP contribution in [0.25, 0.3) is 0 Å². The number of nitrogens with zero attached hydrogens (tertiary/aromatic N) is 2. The van der Waals surface area contributed by atoms with Crippen LogP contribution < -0.4 is 19.5 Å². The van der Waals surface area contributed by atoms with E-state index >= 15 is 0 Å². The zero-order chi connectivity index (χ0) is 22.1. The van der Waals surface area contributed by atoms with Crippen LogP contribution in [0.15, 0.2) is 65.3 Å². The Morgan fingerprint density at radius 3 is 2.58 bits per heavy atom. The van der Waals surface area contributed by atoms with Crippen LogP contribution in [0, 0.1) is 10.1 Å². The Labute approximate surface area is 188 Å². The van der Waals surface area contributed by atoms with Gasteiger partial charge in [-0.1, -0.05) is 22.0 Å².